The van der Waals surface area contributed by atoms with E-state index in [1.807, 2.05) is 26.2 Å². The van der Waals surface area contributed by atoms with Gasteiger partial charge in [0.05, 0.1) is 16.2 Å². The summed E-state index contributed by atoms with van der Waals surface area (Å²) in [7, 11) is 0. The molecule has 0 aromatic carbocycles. The molecule has 2 heterocycles. The Morgan fingerprint density at radius 1 is 1.39 bits per heavy atom. The van der Waals surface area contributed by atoms with Gasteiger partial charge in [-0.1, -0.05) is 13.8 Å². The van der Waals surface area contributed by atoms with Crippen LogP contribution in [0.1, 0.15) is 51.2 Å². The van der Waals surface area contributed by atoms with Crippen LogP contribution in [0.4, 0.5) is 10.7 Å². The minimum Gasteiger partial charge on any atom is -0.337 e. The highest BCUT2D eigenvalue weighted by molar-refractivity contribution is 7.09. The van der Waals surface area contributed by atoms with Gasteiger partial charge in [0.1, 0.15) is 6.33 Å². The fraction of sp³-hybridized carbons (Fsp3) is 0.600. The molecule has 0 bridgehead atoms. The van der Waals surface area contributed by atoms with Crippen molar-refractivity contribution in [2.45, 2.75) is 52.5 Å². The molecule has 0 atom stereocenters. The summed E-state index contributed by atoms with van der Waals surface area (Å²) < 4.78 is 1.71. The van der Waals surface area contributed by atoms with Crippen LogP contribution in [-0.4, -0.2) is 32.3 Å². The monoisotopic (exact) mass is 336 g/mol. The first-order valence-electron chi connectivity index (χ1n) is 7.67. The number of urea groups is 1. The summed E-state index contributed by atoms with van der Waals surface area (Å²) in [5.41, 5.74) is 0.844. The van der Waals surface area contributed by atoms with Crippen molar-refractivity contribution in [2.24, 2.45) is 0 Å². The Morgan fingerprint density at radius 2 is 2.13 bits per heavy atom. The number of carbonyl (C=O) groups excluding carboxylic acids is 1. The van der Waals surface area contributed by atoms with Crippen molar-refractivity contribution >= 4 is 23.3 Å². The molecule has 2 aromatic heterocycles. The average molecular weight is 336 g/mol. The summed E-state index contributed by atoms with van der Waals surface area (Å²) in [4.78, 5) is 20.5. The molecule has 0 fully saturated rings. The molecule has 0 saturated carbocycles. The molecule has 126 valence electrons. The Balaban J connectivity index is 1.77. The number of hydrogen-bond acceptors (Lipinski definition) is 5. The van der Waals surface area contributed by atoms with E-state index in [4.69, 9.17) is 0 Å². The van der Waals surface area contributed by atoms with Gasteiger partial charge in [0, 0.05) is 24.3 Å². The number of hydrogen-bond donors (Lipinski definition) is 2. The molecule has 8 heteroatoms. The maximum absolute atomic E-state index is 11.8. The van der Waals surface area contributed by atoms with E-state index in [1.54, 1.807) is 22.3 Å². The van der Waals surface area contributed by atoms with Crippen LogP contribution in [0.25, 0.3) is 0 Å². The molecular formula is C15H24N6OS. The van der Waals surface area contributed by atoms with Gasteiger partial charge < -0.3 is 5.32 Å². The third-order valence-corrected chi connectivity index (χ3v) is 4.33. The maximum atomic E-state index is 11.8. The van der Waals surface area contributed by atoms with Gasteiger partial charge in [-0.25, -0.2) is 19.4 Å². The molecule has 0 aliphatic heterocycles. The van der Waals surface area contributed by atoms with Gasteiger partial charge in [0.25, 0.3) is 0 Å². The van der Waals surface area contributed by atoms with Gasteiger partial charge in [0.15, 0.2) is 0 Å². The largest absolute Gasteiger partial charge is 0.337 e. The Morgan fingerprint density at radius 3 is 2.70 bits per heavy atom. The van der Waals surface area contributed by atoms with Gasteiger partial charge in [-0.3, -0.25) is 5.32 Å². The minimum atomic E-state index is -0.309. The van der Waals surface area contributed by atoms with Crippen LogP contribution in [0.3, 0.4) is 0 Å². The van der Waals surface area contributed by atoms with Crippen LogP contribution in [0.2, 0.25) is 0 Å². The van der Waals surface area contributed by atoms with E-state index in [2.05, 4.69) is 39.5 Å². The van der Waals surface area contributed by atoms with E-state index in [-0.39, 0.29) is 11.6 Å². The summed E-state index contributed by atoms with van der Waals surface area (Å²) in [5.74, 6) is 0.738. The third-order valence-electron chi connectivity index (χ3n) is 3.13. The first kappa shape index (κ1) is 17.4. The Labute approximate surface area is 140 Å². The summed E-state index contributed by atoms with van der Waals surface area (Å²) in [6, 6.07) is -0.309. The summed E-state index contributed by atoms with van der Waals surface area (Å²) in [6.07, 6.45) is 2.32. The fourth-order valence-corrected chi connectivity index (χ4v) is 2.67. The van der Waals surface area contributed by atoms with E-state index in [1.165, 1.54) is 0 Å². The molecule has 2 aromatic rings. The number of nitrogens with zero attached hydrogens (tertiary/aromatic N) is 4. The Bertz CT molecular complexity index is 655. The van der Waals surface area contributed by atoms with Crippen LogP contribution in [0, 0.1) is 0 Å². The molecule has 2 rings (SSSR count). The lowest BCUT2D eigenvalue weighted by molar-refractivity contribution is 0.252. The zero-order chi connectivity index (χ0) is 17.0. The molecular weight excluding hydrogens is 312 g/mol. The molecule has 23 heavy (non-hydrogen) atoms. The predicted octanol–water partition coefficient (Wildman–Crippen LogP) is 2.98. The van der Waals surface area contributed by atoms with E-state index in [9.17, 15) is 4.79 Å². The van der Waals surface area contributed by atoms with Crippen molar-refractivity contribution in [3.63, 3.8) is 0 Å². The molecule has 0 radical (unpaired) electrons. The highest BCUT2D eigenvalue weighted by Crippen LogP contribution is 2.19. The molecule has 0 aliphatic carbocycles. The first-order valence-corrected chi connectivity index (χ1v) is 8.55. The molecule has 0 saturated heterocycles. The van der Waals surface area contributed by atoms with Crippen LogP contribution < -0.4 is 10.6 Å². The SMILES string of the molecule is CC(C)c1nc(CCNC(=O)Nc2ncn(C(C)(C)C)n2)cs1. The third kappa shape index (κ3) is 5.02. The number of carbonyl (C=O) groups is 1. The van der Waals surface area contributed by atoms with Gasteiger partial charge in [0.2, 0.25) is 5.95 Å². The molecule has 7 nitrogen and oxygen atoms in total. The van der Waals surface area contributed by atoms with E-state index in [0.29, 0.717) is 24.8 Å². The van der Waals surface area contributed by atoms with Crippen molar-refractivity contribution in [1.29, 1.82) is 0 Å². The molecule has 2 N–H and O–H groups in total. The van der Waals surface area contributed by atoms with Crippen LogP contribution in [0.5, 0.6) is 0 Å². The quantitative estimate of drug-likeness (QED) is 0.879. The van der Waals surface area contributed by atoms with E-state index >= 15 is 0 Å². The molecule has 0 unspecified atom stereocenters. The number of aromatic nitrogens is 4. The van der Waals surface area contributed by atoms with Crippen molar-refractivity contribution in [3.8, 4) is 0 Å². The van der Waals surface area contributed by atoms with Crippen molar-refractivity contribution in [3.05, 3.63) is 22.4 Å². The summed E-state index contributed by atoms with van der Waals surface area (Å²) in [5, 5.41) is 12.8. The number of amides is 2. The normalized spacial score (nSPS) is 11.7. The second kappa shape index (κ2) is 7.08. The lowest BCUT2D eigenvalue weighted by Gasteiger charge is -2.17. The van der Waals surface area contributed by atoms with E-state index in [0.717, 1.165) is 10.7 Å². The molecule has 0 aliphatic rings. The number of anilines is 1. The average Bonchev–Trinajstić information content (AvgIpc) is 3.07. The predicted molar refractivity (Wildman–Crippen MR) is 91.9 cm³/mol. The lowest BCUT2D eigenvalue weighted by atomic mass is 10.1. The first-order chi connectivity index (χ1) is 10.8. The number of nitrogens with one attached hydrogen (secondary N) is 2. The van der Waals surface area contributed by atoms with Crippen LogP contribution in [0.15, 0.2) is 11.7 Å². The van der Waals surface area contributed by atoms with Crippen molar-refractivity contribution < 1.29 is 4.79 Å². The highest BCUT2D eigenvalue weighted by atomic mass is 32.1. The maximum Gasteiger partial charge on any atom is 0.321 e. The summed E-state index contributed by atoms with van der Waals surface area (Å²) in [6.45, 7) is 10.8. The zero-order valence-corrected chi connectivity index (χ0v) is 15.1. The molecule has 2 amide bonds. The van der Waals surface area contributed by atoms with Gasteiger partial charge >= 0.3 is 6.03 Å². The van der Waals surface area contributed by atoms with E-state index < -0.39 is 0 Å². The van der Waals surface area contributed by atoms with Crippen LogP contribution in [-0.2, 0) is 12.0 Å². The topological polar surface area (TPSA) is 84.7 Å². The number of thiazole rings is 1. The van der Waals surface area contributed by atoms with Crippen LogP contribution >= 0.6 is 11.3 Å². The smallest absolute Gasteiger partial charge is 0.321 e. The second-order valence-corrected chi connectivity index (χ2v) is 7.54. The Kier molecular flexibility index (Phi) is 5.35. The summed E-state index contributed by atoms with van der Waals surface area (Å²) >= 11 is 1.66. The second-order valence-electron chi connectivity index (χ2n) is 6.65. The number of rotatable bonds is 5. The lowest BCUT2D eigenvalue weighted by Crippen LogP contribution is -2.31. The Hall–Kier alpha value is -1.96. The van der Waals surface area contributed by atoms with Crippen molar-refractivity contribution in [1.82, 2.24) is 25.1 Å². The highest BCUT2D eigenvalue weighted by Gasteiger charge is 2.15. The van der Waals surface area contributed by atoms with Gasteiger partial charge in [-0.05, 0) is 20.8 Å². The minimum absolute atomic E-state index is 0.165. The molecule has 0 spiro atoms. The standard InChI is InChI=1S/C15H24N6OS/c1-10(2)12-18-11(8-23-12)6-7-16-14(22)19-13-17-9-21(20-13)15(3,4)5/h8-10H,6-7H2,1-5H3,(H2,16,19,20,22). The van der Waals surface area contributed by atoms with Gasteiger partial charge in [-0.2, -0.15) is 0 Å². The van der Waals surface area contributed by atoms with Gasteiger partial charge in [-0.15, -0.1) is 16.4 Å². The zero-order valence-electron chi connectivity index (χ0n) is 14.3. The fourth-order valence-electron chi connectivity index (χ4n) is 1.80. The van der Waals surface area contributed by atoms with Crippen molar-refractivity contribution in [2.75, 3.05) is 11.9 Å².